The van der Waals surface area contributed by atoms with Crippen molar-refractivity contribution in [2.24, 2.45) is 0 Å². The highest BCUT2D eigenvalue weighted by molar-refractivity contribution is 5.17. The second kappa shape index (κ2) is 7.14. The van der Waals surface area contributed by atoms with E-state index in [-0.39, 0.29) is 11.8 Å². The van der Waals surface area contributed by atoms with Crippen molar-refractivity contribution in [3.8, 4) is 5.88 Å². The minimum absolute atomic E-state index is 0.0125. The molecule has 0 atom stereocenters. The minimum atomic E-state index is -4.32. The SMILES string of the molecule is CC.CC(C)c1cccc(OCC(F)(F)F)n1. The van der Waals surface area contributed by atoms with E-state index in [0.29, 0.717) is 0 Å². The third-order valence-corrected chi connectivity index (χ3v) is 1.72. The lowest BCUT2D eigenvalue weighted by Gasteiger charge is -2.10. The van der Waals surface area contributed by atoms with Crippen molar-refractivity contribution in [1.82, 2.24) is 4.98 Å². The van der Waals surface area contributed by atoms with Crippen LogP contribution in [0.2, 0.25) is 0 Å². The average Bonchev–Trinajstić information content (AvgIpc) is 2.28. The molecule has 0 aliphatic heterocycles. The molecule has 5 heteroatoms. The maximum atomic E-state index is 11.8. The largest absolute Gasteiger partial charge is 0.468 e. The quantitative estimate of drug-likeness (QED) is 0.802. The first-order valence-corrected chi connectivity index (χ1v) is 5.55. The molecule has 0 unspecified atom stereocenters. The highest BCUT2D eigenvalue weighted by Crippen LogP contribution is 2.19. The van der Waals surface area contributed by atoms with Crippen molar-refractivity contribution in [1.29, 1.82) is 0 Å². The van der Waals surface area contributed by atoms with Gasteiger partial charge in [0.05, 0.1) is 0 Å². The van der Waals surface area contributed by atoms with E-state index in [1.54, 1.807) is 12.1 Å². The number of rotatable bonds is 3. The summed E-state index contributed by atoms with van der Waals surface area (Å²) in [5, 5.41) is 0. The molecule has 0 aromatic carbocycles. The molecule has 0 fully saturated rings. The van der Waals surface area contributed by atoms with Gasteiger partial charge in [-0.25, -0.2) is 4.98 Å². The molecule has 98 valence electrons. The first kappa shape index (κ1) is 15.7. The maximum Gasteiger partial charge on any atom is 0.422 e. The van der Waals surface area contributed by atoms with Gasteiger partial charge in [0.25, 0.3) is 0 Å². The molecule has 1 aromatic heterocycles. The molecule has 0 aliphatic rings. The molecule has 0 aliphatic carbocycles. The molecule has 0 spiro atoms. The molecule has 0 amide bonds. The standard InChI is InChI=1S/C10H12F3NO.C2H6/c1-7(2)8-4-3-5-9(14-8)15-6-10(11,12)13;1-2/h3-5,7H,6H2,1-2H3;1-2H3. The molecule has 2 nitrogen and oxygen atoms in total. The van der Waals surface area contributed by atoms with Gasteiger partial charge in [-0.1, -0.05) is 33.8 Å². The number of ether oxygens (including phenoxy) is 1. The Kier molecular flexibility index (Phi) is 6.61. The lowest BCUT2D eigenvalue weighted by atomic mass is 10.1. The molecule has 1 heterocycles. The molecule has 0 saturated carbocycles. The number of hydrogen-bond donors (Lipinski definition) is 0. The van der Waals surface area contributed by atoms with Crippen LogP contribution in [0.5, 0.6) is 5.88 Å². The Morgan fingerprint density at radius 3 is 2.29 bits per heavy atom. The zero-order valence-electron chi connectivity index (χ0n) is 10.5. The van der Waals surface area contributed by atoms with Crippen LogP contribution < -0.4 is 4.74 Å². The Bertz CT molecular complexity index is 324. The van der Waals surface area contributed by atoms with Gasteiger partial charge >= 0.3 is 6.18 Å². The van der Waals surface area contributed by atoms with Crippen LogP contribution in [0.3, 0.4) is 0 Å². The van der Waals surface area contributed by atoms with E-state index in [0.717, 1.165) is 5.69 Å². The predicted molar refractivity (Wildman–Crippen MR) is 61.2 cm³/mol. The molecular weight excluding hydrogens is 231 g/mol. The van der Waals surface area contributed by atoms with Crippen LogP contribution in [0.25, 0.3) is 0 Å². The fourth-order valence-corrected chi connectivity index (χ4v) is 0.989. The van der Waals surface area contributed by atoms with Crippen molar-refractivity contribution in [2.75, 3.05) is 6.61 Å². The average molecular weight is 249 g/mol. The van der Waals surface area contributed by atoms with E-state index in [4.69, 9.17) is 0 Å². The van der Waals surface area contributed by atoms with E-state index in [1.165, 1.54) is 6.07 Å². The first-order valence-electron chi connectivity index (χ1n) is 5.55. The summed E-state index contributed by atoms with van der Waals surface area (Å²) < 4.78 is 40.1. The van der Waals surface area contributed by atoms with E-state index in [2.05, 4.69) is 9.72 Å². The van der Waals surface area contributed by atoms with Gasteiger partial charge in [0.1, 0.15) is 0 Å². The van der Waals surface area contributed by atoms with Crippen molar-refractivity contribution in [3.63, 3.8) is 0 Å². The lowest BCUT2D eigenvalue weighted by molar-refractivity contribution is -0.154. The summed E-state index contributed by atoms with van der Waals surface area (Å²) in [6, 6.07) is 4.80. The maximum absolute atomic E-state index is 11.8. The third kappa shape index (κ3) is 6.81. The summed E-state index contributed by atoms with van der Waals surface area (Å²) in [6.45, 7) is 6.52. The van der Waals surface area contributed by atoms with Crippen LogP contribution in [0.1, 0.15) is 39.3 Å². The van der Waals surface area contributed by atoms with Gasteiger partial charge in [-0.15, -0.1) is 0 Å². The smallest absolute Gasteiger partial charge is 0.422 e. The van der Waals surface area contributed by atoms with E-state index >= 15 is 0 Å². The van der Waals surface area contributed by atoms with Crippen LogP contribution in [-0.4, -0.2) is 17.8 Å². The number of halogens is 3. The van der Waals surface area contributed by atoms with Crippen molar-refractivity contribution >= 4 is 0 Å². The molecule has 0 radical (unpaired) electrons. The van der Waals surface area contributed by atoms with E-state index < -0.39 is 12.8 Å². The van der Waals surface area contributed by atoms with Gasteiger partial charge < -0.3 is 4.74 Å². The normalized spacial score (nSPS) is 10.8. The van der Waals surface area contributed by atoms with Crippen LogP contribution >= 0.6 is 0 Å². The van der Waals surface area contributed by atoms with Gasteiger partial charge in [-0.3, -0.25) is 0 Å². The van der Waals surface area contributed by atoms with Gasteiger partial charge in [-0.05, 0) is 12.0 Å². The predicted octanol–water partition coefficient (Wildman–Crippen LogP) is 4.17. The number of pyridine rings is 1. The Morgan fingerprint density at radius 2 is 1.82 bits per heavy atom. The lowest BCUT2D eigenvalue weighted by Crippen LogP contribution is -2.19. The van der Waals surface area contributed by atoms with Gasteiger partial charge in [-0.2, -0.15) is 13.2 Å². The molecular formula is C12H18F3NO. The summed E-state index contributed by atoms with van der Waals surface area (Å²) in [4.78, 5) is 3.95. The fourth-order valence-electron chi connectivity index (χ4n) is 0.989. The summed E-state index contributed by atoms with van der Waals surface area (Å²) in [5.41, 5.74) is 0.717. The van der Waals surface area contributed by atoms with Crippen molar-refractivity contribution in [2.45, 2.75) is 39.8 Å². The topological polar surface area (TPSA) is 22.1 Å². The molecule has 1 aromatic rings. The van der Waals surface area contributed by atoms with Crippen molar-refractivity contribution < 1.29 is 17.9 Å². The minimum Gasteiger partial charge on any atom is -0.468 e. The second-order valence-electron chi connectivity index (χ2n) is 3.46. The fraction of sp³-hybridized carbons (Fsp3) is 0.583. The molecule has 0 bridgehead atoms. The van der Waals surface area contributed by atoms with Crippen molar-refractivity contribution in [3.05, 3.63) is 23.9 Å². The number of nitrogens with zero attached hydrogens (tertiary/aromatic N) is 1. The van der Waals surface area contributed by atoms with Gasteiger partial charge in [0.15, 0.2) is 6.61 Å². The Hall–Kier alpha value is -1.26. The summed E-state index contributed by atoms with van der Waals surface area (Å²) in [7, 11) is 0. The Morgan fingerprint density at radius 1 is 1.24 bits per heavy atom. The highest BCUT2D eigenvalue weighted by Gasteiger charge is 2.28. The summed E-state index contributed by atoms with van der Waals surface area (Å²) in [6.07, 6.45) is -4.32. The van der Waals surface area contributed by atoms with Crippen LogP contribution in [0, 0.1) is 0 Å². The monoisotopic (exact) mass is 249 g/mol. The zero-order valence-corrected chi connectivity index (χ0v) is 10.5. The zero-order chi connectivity index (χ0) is 13.5. The number of aromatic nitrogens is 1. The molecule has 0 N–H and O–H groups in total. The Labute approximate surface area is 99.8 Å². The van der Waals surface area contributed by atoms with Crippen LogP contribution in [-0.2, 0) is 0 Å². The van der Waals surface area contributed by atoms with Gasteiger partial charge in [0, 0.05) is 11.8 Å². The number of alkyl halides is 3. The van der Waals surface area contributed by atoms with Crippen LogP contribution in [0.15, 0.2) is 18.2 Å². The first-order chi connectivity index (χ1) is 7.88. The van der Waals surface area contributed by atoms with Crippen LogP contribution in [0.4, 0.5) is 13.2 Å². The third-order valence-electron chi connectivity index (χ3n) is 1.72. The van der Waals surface area contributed by atoms with Gasteiger partial charge in [0.2, 0.25) is 5.88 Å². The summed E-state index contributed by atoms with van der Waals surface area (Å²) in [5.74, 6) is 0.179. The Balaban J connectivity index is 0.00000121. The summed E-state index contributed by atoms with van der Waals surface area (Å²) >= 11 is 0. The highest BCUT2D eigenvalue weighted by atomic mass is 19.4. The molecule has 0 saturated heterocycles. The van der Waals surface area contributed by atoms with E-state index in [1.807, 2.05) is 27.7 Å². The molecule has 17 heavy (non-hydrogen) atoms. The number of hydrogen-bond acceptors (Lipinski definition) is 2. The molecule has 1 rings (SSSR count). The van der Waals surface area contributed by atoms with E-state index in [9.17, 15) is 13.2 Å². The second-order valence-corrected chi connectivity index (χ2v) is 3.46.